The first kappa shape index (κ1) is 16.2. The maximum Gasteiger partial charge on any atom is 0.123 e. The fraction of sp³-hybridized carbons (Fsp3) is 0.316. The highest BCUT2D eigenvalue weighted by Gasteiger charge is 2.17. The molecule has 1 atom stereocenters. The summed E-state index contributed by atoms with van der Waals surface area (Å²) in [5, 5.41) is 18.6. The molecular weight excluding hydrogens is 277 g/mol. The number of hydrogen-bond donors (Lipinski definition) is 1. The first-order valence-corrected chi connectivity index (χ1v) is 7.58. The number of rotatable bonds is 6. The van der Waals surface area contributed by atoms with Gasteiger partial charge in [0, 0.05) is 5.92 Å². The highest BCUT2D eigenvalue weighted by molar-refractivity contribution is 5.43. The Balaban J connectivity index is 2.45. The van der Waals surface area contributed by atoms with Gasteiger partial charge in [0.2, 0.25) is 0 Å². The highest BCUT2D eigenvalue weighted by atomic mass is 19.1. The van der Waals surface area contributed by atoms with Gasteiger partial charge in [0.1, 0.15) is 5.82 Å². The number of aliphatic hydroxyl groups is 1. The average molecular weight is 297 g/mol. The standard InChI is InChI=1S/C19H20FNO/c1-2-3-4-18(15-6-8-17(20)9-7-15)19-10-5-14(12-21)11-16(19)13-22/h5-11,18,22H,2-4,13H2,1H3. The molecule has 2 aromatic carbocycles. The highest BCUT2D eigenvalue weighted by Crippen LogP contribution is 2.32. The number of benzene rings is 2. The summed E-state index contributed by atoms with van der Waals surface area (Å²) in [7, 11) is 0. The maximum atomic E-state index is 13.2. The van der Waals surface area contributed by atoms with E-state index in [0.29, 0.717) is 5.56 Å². The maximum absolute atomic E-state index is 13.2. The fourth-order valence-electron chi connectivity index (χ4n) is 2.76. The quantitative estimate of drug-likeness (QED) is 0.852. The van der Waals surface area contributed by atoms with Gasteiger partial charge in [-0.2, -0.15) is 5.26 Å². The van der Waals surface area contributed by atoms with Gasteiger partial charge >= 0.3 is 0 Å². The summed E-state index contributed by atoms with van der Waals surface area (Å²) in [6.45, 7) is 2.03. The molecule has 0 aromatic heterocycles. The summed E-state index contributed by atoms with van der Waals surface area (Å²) in [6.07, 6.45) is 3.05. The van der Waals surface area contributed by atoms with Crippen LogP contribution in [-0.2, 0) is 6.61 Å². The zero-order chi connectivity index (χ0) is 15.9. The van der Waals surface area contributed by atoms with Crippen LogP contribution in [0.15, 0.2) is 42.5 Å². The van der Waals surface area contributed by atoms with Gasteiger partial charge in [0.05, 0.1) is 18.2 Å². The van der Waals surface area contributed by atoms with Crippen molar-refractivity contribution in [3.63, 3.8) is 0 Å². The van der Waals surface area contributed by atoms with Crippen LogP contribution in [0.3, 0.4) is 0 Å². The molecule has 2 rings (SSSR count). The van der Waals surface area contributed by atoms with Crippen molar-refractivity contribution in [1.29, 1.82) is 5.26 Å². The van der Waals surface area contributed by atoms with Crippen molar-refractivity contribution in [2.75, 3.05) is 0 Å². The lowest BCUT2D eigenvalue weighted by atomic mass is 9.84. The molecule has 0 saturated carbocycles. The molecule has 1 N–H and O–H groups in total. The molecule has 0 heterocycles. The minimum absolute atomic E-state index is 0.103. The van der Waals surface area contributed by atoms with E-state index in [0.717, 1.165) is 36.0 Å². The Labute approximate surface area is 130 Å². The Morgan fingerprint density at radius 2 is 1.91 bits per heavy atom. The van der Waals surface area contributed by atoms with E-state index in [1.165, 1.54) is 12.1 Å². The van der Waals surface area contributed by atoms with Gasteiger partial charge in [-0.25, -0.2) is 4.39 Å². The Hall–Kier alpha value is -2.18. The molecule has 0 fully saturated rings. The number of aliphatic hydroxyl groups excluding tert-OH is 1. The molecule has 0 spiro atoms. The molecule has 0 aliphatic heterocycles. The zero-order valence-corrected chi connectivity index (χ0v) is 12.7. The molecule has 114 valence electrons. The molecule has 0 amide bonds. The van der Waals surface area contributed by atoms with Crippen molar-refractivity contribution >= 4 is 0 Å². The van der Waals surface area contributed by atoms with Crippen LogP contribution in [0.4, 0.5) is 4.39 Å². The van der Waals surface area contributed by atoms with Gasteiger partial charge in [-0.1, -0.05) is 38.0 Å². The predicted molar refractivity (Wildman–Crippen MR) is 84.8 cm³/mol. The minimum Gasteiger partial charge on any atom is -0.392 e. The van der Waals surface area contributed by atoms with Gasteiger partial charge in [-0.05, 0) is 47.4 Å². The van der Waals surface area contributed by atoms with Crippen molar-refractivity contribution < 1.29 is 9.50 Å². The first-order chi connectivity index (χ1) is 10.7. The van der Waals surface area contributed by atoms with Gasteiger partial charge in [0.25, 0.3) is 0 Å². The van der Waals surface area contributed by atoms with Gasteiger partial charge in [-0.3, -0.25) is 0 Å². The SMILES string of the molecule is CCCCC(c1ccc(F)cc1)c1ccc(C#N)cc1CO. The summed E-state index contributed by atoms with van der Waals surface area (Å²) in [6, 6.07) is 14.1. The second-order valence-corrected chi connectivity index (χ2v) is 5.43. The minimum atomic E-state index is -0.250. The number of nitriles is 1. The van der Waals surface area contributed by atoms with Crippen LogP contribution in [0.2, 0.25) is 0 Å². The van der Waals surface area contributed by atoms with Crippen LogP contribution in [0.5, 0.6) is 0 Å². The van der Waals surface area contributed by atoms with Crippen molar-refractivity contribution in [3.8, 4) is 6.07 Å². The van der Waals surface area contributed by atoms with Crippen molar-refractivity contribution in [1.82, 2.24) is 0 Å². The van der Waals surface area contributed by atoms with Gasteiger partial charge in [-0.15, -0.1) is 0 Å². The topological polar surface area (TPSA) is 44.0 Å². The van der Waals surface area contributed by atoms with E-state index in [-0.39, 0.29) is 18.3 Å². The van der Waals surface area contributed by atoms with E-state index in [4.69, 9.17) is 5.26 Å². The van der Waals surface area contributed by atoms with Crippen molar-refractivity contribution in [3.05, 3.63) is 70.5 Å². The zero-order valence-electron chi connectivity index (χ0n) is 12.7. The monoisotopic (exact) mass is 297 g/mol. The summed E-state index contributed by atoms with van der Waals surface area (Å²) in [5.74, 6) is -0.143. The Bertz CT molecular complexity index is 658. The molecule has 3 heteroatoms. The molecule has 0 saturated heterocycles. The normalized spacial score (nSPS) is 11.9. The molecule has 1 unspecified atom stereocenters. The Kier molecular flexibility index (Phi) is 5.68. The number of nitrogens with zero attached hydrogens (tertiary/aromatic N) is 1. The first-order valence-electron chi connectivity index (χ1n) is 7.58. The van der Waals surface area contributed by atoms with Gasteiger partial charge < -0.3 is 5.11 Å². The summed E-state index contributed by atoms with van der Waals surface area (Å²) < 4.78 is 13.2. The van der Waals surface area contributed by atoms with Crippen LogP contribution in [-0.4, -0.2) is 5.11 Å². The van der Waals surface area contributed by atoms with E-state index in [1.54, 1.807) is 24.3 Å². The lowest BCUT2D eigenvalue weighted by molar-refractivity contribution is 0.280. The van der Waals surface area contributed by atoms with Crippen LogP contribution < -0.4 is 0 Å². The summed E-state index contributed by atoms with van der Waals surface area (Å²) in [4.78, 5) is 0. The second-order valence-electron chi connectivity index (χ2n) is 5.43. The number of hydrogen-bond acceptors (Lipinski definition) is 2. The Morgan fingerprint density at radius 1 is 1.18 bits per heavy atom. The van der Waals surface area contributed by atoms with Crippen molar-refractivity contribution in [2.45, 2.75) is 38.7 Å². The van der Waals surface area contributed by atoms with Crippen LogP contribution in [0.1, 0.15) is 54.4 Å². The van der Waals surface area contributed by atoms with Crippen molar-refractivity contribution in [2.24, 2.45) is 0 Å². The molecule has 22 heavy (non-hydrogen) atoms. The third-order valence-corrected chi connectivity index (χ3v) is 3.94. The molecular formula is C19H20FNO. The second kappa shape index (κ2) is 7.72. The summed E-state index contributed by atoms with van der Waals surface area (Å²) in [5.41, 5.74) is 3.36. The lowest BCUT2D eigenvalue weighted by Gasteiger charge is -2.21. The van der Waals surface area contributed by atoms with E-state index < -0.39 is 0 Å². The average Bonchev–Trinajstić information content (AvgIpc) is 2.56. The number of unbranched alkanes of at least 4 members (excludes halogenated alkanes) is 1. The molecule has 0 bridgehead atoms. The molecule has 0 radical (unpaired) electrons. The van der Waals surface area contributed by atoms with E-state index in [9.17, 15) is 9.50 Å². The van der Waals surface area contributed by atoms with E-state index in [2.05, 4.69) is 13.0 Å². The third-order valence-electron chi connectivity index (χ3n) is 3.94. The smallest absolute Gasteiger partial charge is 0.123 e. The molecule has 0 aliphatic carbocycles. The third kappa shape index (κ3) is 3.72. The fourth-order valence-corrected chi connectivity index (χ4v) is 2.76. The van der Waals surface area contributed by atoms with Crippen LogP contribution in [0, 0.1) is 17.1 Å². The largest absolute Gasteiger partial charge is 0.392 e. The van der Waals surface area contributed by atoms with Gasteiger partial charge in [0.15, 0.2) is 0 Å². The molecule has 0 aliphatic rings. The number of halogens is 1. The van der Waals surface area contributed by atoms with E-state index in [1.807, 2.05) is 6.07 Å². The Morgan fingerprint density at radius 3 is 2.50 bits per heavy atom. The molecule has 2 aromatic rings. The predicted octanol–water partition coefficient (Wildman–Crippen LogP) is 4.51. The summed E-state index contributed by atoms with van der Waals surface area (Å²) >= 11 is 0. The molecule has 2 nitrogen and oxygen atoms in total. The van der Waals surface area contributed by atoms with E-state index >= 15 is 0 Å². The van der Waals surface area contributed by atoms with Crippen LogP contribution >= 0.6 is 0 Å². The van der Waals surface area contributed by atoms with Crippen LogP contribution in [0.25, 0.3) is 0 Å². The lowest BCUT2D eigenvalue weighted by Crippen LogP contribution is -2.06.